The van der Waals surface area contributed by atoms with Crippen LogP contribution in [0.25, 0.3) is 0 Å². The van der Waals surface area contributed by atoms with Crippen molar-refractivity contribution in [2.24, 2.45) is 23.7 Å². The van der Waals surface area contributed by atoms with Crippen LogP contribution < -0.4 is 5.32 Å². The number of nitrogens with one attached hydrogen (secondary N) is 1. The fourth-order valence-corrected chi connectivity index (χ4v) is 4.28. The van der Waals surface area contributed by atoms with Crippen molar-refractivity contribution in [2.75, 3.05) is 11.9 Å². The topological polar surface area (TPSA) is 66.5 Å². The Labute approximate surface area is 140 Å². The number of fused-ring (bicyclic) bond motifs is 5. The van der Waals surface area contributed by atoms with E-state index in [1.54, 1.807) is 0 Å². The van der Waals surface area contributed by atoms with E-state index in [2.05, 4.69) is 17.5 Å². The van der Waals surface area contributed by atoms with Gasteiger partial charge in [-0.2, -0.15) is 0 Å². The lowest BCUT2D eigenvalue weighted by atomic mass is 9.85. The monoisotopic (exact) mass is 324 g/mol. The number of allylic oxidation sites excluding steroid dienone is 2. The summed E-state index contributed by atoms with van der Waals surface area (Å²) in [4.78, 5) is 38.6. The van der Waals surface area contributed by atoms with E-state index in [1.165, 1.54) is 0 Å². The number of anilines is 1. The molecule has 2 bridgehead atoms. The summed E-state index contributed by atoms with van der Waals surface area (Å²) in [5.74, 6) is -0.855. The van der Waals surface area contributed by atoms with Crippen molar-refractivity contribution in [1.29, 1.82) is 0 Å². The number of rotatable bonds is 3. The Morgan fingerprint density at radius 3 is 2.29 bits per heavy atom. The molecule has 1 aromatic carbocycles. The van der Waals surface area contributed by atoms with Gasteiger partial charge in [-0.15, -0.1) is 0 Å². The van der Waals surface area contributed by atoms with E-state index in [4.69, 9.17) is 0 Å². The molecule has 5 heteroatoms. The van der Waals surface area contributed by atoms with E-state index >= 15 is 0 Å². The van der Waals surface area contributed by atoms with Crippen LogP contribution in [0.3, 0.4) is 0 Å². The fraction of sp³-hybridized carbons (Fsp3) is 0.421. The predicted octanol–water partition coefficient (Wildman–Crippen LogP) is 2.05. The molecule has 1 saturated heterocycles. The molecule has 0 unspecified atom stereocenters. The molecule has 2 fully saturated rings. The van der Waals surface area contributed by atoms with Crippen LogP contribution >= 0.6 is 0 Å². The van der Waals surface area contributed by atoms with Gasteiger partial charge in [0, 0.05) is 5.69 Å². The maximum absolute atomic E-state index is 12.6. The number of hydrogen-bond donors (Lipinski definition) is 1. The van der Waals surface area contributed by atoms with Gasteiger partial charge in [0.1, 0.15) is 6.54 Å². The van der Waals surface area contributed by atoms with E-state index in [0.717, 1.165) is 22.4 Å². The molecule has 1 aliphatic heterocycles. The number of amides is 3. The first-order chi connectivity index (χ1) is 11.5. The van der Waals surface area contributed by atoms with Crippen molar-refractivity contribution in [3.05, 3.63) is 41.5 Å². The number of carbonyl (C=O) groups excluding carboxylic acids is 3. The van der Waals surface area contributed by atoms with Gasteiger partial charge in [0.25, 0.3) is 0 Å². The van der Waals surface area contributed by atoms with E-state index < -0.39 is 0 Å². The zero-order valence-corrected chi connectivity index (χ0v) is 13.8. The van der Waals surface area contributed by atoms with Crippen LogP contribution in [-0.4, -0.2) is 29.2 Å². The number of nitrogens with zero attached hydrogens (tertiary/aromatic N) is 1. The van der Waals surface area contributed by atoms with E-state index in [9.17, 15) is 14.4 Å². The molecule has 3 amide bonds. The molecule has 4 rings (SSSR count). The summed E-state index contributed by atoms with van der Waals surface area (Å²) >= 11 is 0. The van der Waals surface area contributed by atoms with Crippen molar-refractivity contribution in [3.8, 4) is 0 Å². The zero-order valence-electron chi connectivity index (χ0n) is 13.8. The highest BCUT2D eigenvalue weighted by Gasteiger charge is 2.59. The fourth-order valence-electron chi connectivity index (χ4n) is 4.28. The van der Waals surface area contributed by atoms with E-state index in [-0.39, 0.29) is 47.9 Å². The molecule has 0 aromatic heterocycles. The quantitative estimate of drug-likeness (QED) is 0.683. The van der Waals surface area contributed by atoms with Gasteiger partial charge in [-0.25, -0.2) is 0 Å². The number of hydrogen-bond acceptors (Lipinski definition) is 3. The highest BCUT2D eigenvalue weighted by atomic mass is 16.2. The van der Waals surface area contributed by atoms with Crippen molar-refractivity contribution in [1.82, 2.24) is 4.90 Å². The van der Waals surface area contributed by atoms with Crippen LogP contribution in [0.1, 0.15) is 17.5 Å². The van der Waals surface area contributed by atoms with Crippen LogP contribution in [0.5, 0.6) is 0 Å². The number of likely N-dealkylation sites (tertiary alicyclic amines) is 1. The summed E-state index contributed by atoms with van der Waals surface area (Å²) in [6, 6.07) is 5.65. The first kappa shape index (κ1) is 15.1. The first-order valence-corrected chi connectivity index (χ1v) is 8.36. The molecule has 4 atom stereocenters. The van der Waals surface area contributed by atoms with Gasteiger partial charge in [0.2, 0.25) is 17.7 Å². The Kier molecular flexibility index (Phi) is 3.34. The average Bonchev–Trinajstić information content (AvgIpc) is 3.21. The number of aryl methyl sites for hydroxylation is 2. The minimum Gasteiger partial charge on any atom is -0.325 e. The highest BCUT2D eigenvalue weighted by Crippen LogP contribution is 2.52. The molecule has 124 valence electrons. The smallest absolute Gasteiger partial charge is 0.244 e. The Morgan fingerprint density at radius 1 is 1.08 bits per heavy atom. The Morgan fingerprint density at radius 2 is 1.71 bits per heavy atom. The maximum Gasteiger partial charge on any atom is 0.244 e. The molecule has 1 saturated carbocycles. The summed E-state index contributed by atoms with van der Waals surface area (Å²) in [6.45, 7) is 3.78. The third kappa shape index (κ3) is 2.19. The van der Waals surface area contributed by atoms with Gasteiger partial charge in [-0.05, 0) is 55.4 Å². The second kappa shape index (κ2) is 5.30. The van der Waals surface area contributed by atoms with Gasteiger partial charge < -0.3 is 5.32 Å². The number of carbonyl (C=O) groups is 3. The van der Waals surface area contributed by atoms with Crippen molar-refractivity contribution in [2.45, 2.75) is 20.3 Å². The Hall–Kier alpha value is -2.43. The molecule has 2 aliphatic carbocycles. The molecule has 3 aliphatic rings. The molecule has 1 aromatic rings. The third-order valence-electron chi connectivity index (χ3n) is 5.65. The van der Waals surface area contributed by atoms with Gasteiger partial charge in [0.05, 0.1) is 11.8 Å². The number of benzene rings is 1. The SMILES string of the molecule is Cc1ccc(NC(=O)CN2C(=O)[C@@H]3[C@@H](C2=O)[C@@H]2C=C[C@@H]3C2)cc1C. The summed E-state index contributed by atoms with van der Waals surface area (Å²) in [5, 5.41) is 2.78. The first-order valence-electron chi connectivity index (χ1n) is 8.36. The molecule has 24 heavy (non-hydrogen) atoms. The second-order valence-electron chi connectivity index (χ2n) is 7.11. The summed E-state index contributed by atoms with van der Waals surface area (Å²) in [5.41, 5.74) is 2.91. The van der Waals surface area contributed by atoms with Crippen LogP contribution in [0.2, 0.25) is 0 Å². The number of imide groups is 1. The normalized spacial score (nSPS) is 30.2. The summed E-state index contributed by atoms with van der Waals surface area (Å²) in [7, 11) is 0. The molecule has 5 nitrogen and oxygen atoms in total. The van der Waals surface area contributed by atoms with Crippen LogP contribution in [-0.2, 0) is 14.4 Å². The van der Waals surface area contributed by atoms with Crippen LogP contribution in [0.15, 0.2) is 30.4 Å². The lowest BCUT2D eigenvalue weighted by molar-refractivity contribution is -0.143. The van der Waals surface area contributed by atoms with E-state index in [1.807, 2.05) is 32.0 Å². The van der Waals surface area contributed by atoms with Gasteiger partial charge in [-0.1, -0.05) is 18.2 Å². The molecule has 0 spiro atoms. The van der Waals surface area contributed by atoms with Gasteiger partial charge in [-0.3, -0.25) is 19.3 Å². The maximum atomic E-state index is 12.6. The van der Waals surface area contributed by atoms with Gasteiger partial charge in [0.15, 0.2) is 0 Å². The van der Waals surface area contributed by atoms with Crippen LogP contribution in [0.4, 0.5) is 5.69 Å². The highest BCUT2D eigenvalue weighted by molar-refractivity contribution is 6.09. The minimum absolute atomic E-state index is 0.171. The van der Waals surface area contributed by atoms with Crippen molar-refractivity contribution >= 4 is 23.4 Å². The molecular weight excluding hydrogens is 304 g/mol. The molecule has 0 radical (unpaired) electrons. The average molecular weight is 324 g/mol. The molecular formula is C19H20N2O3. The summed E-state index contributed by atoms with van der Waals surface area (Å²) in [6.07, 6.45) is 5.00. The Bertz CT molecular complexity index is 753. The lowest BCUT2D eigenvalue weighted by Gasteiger charge is -2.17. The second-order valence-corrected chi connectivity index (χ2v) is 7.11. The zero-order chi connectivity index (χ0) is 17.0. The lowest BCUT2D eigenvalue weighted by Crippen LogP contribution is -2.39. The molecule has 1 heterocycles. The van der Waals surface area contributed by atoms with Gasteiger partial charge >= 0.3 is 0 Å². The van der Waals surface area contributed by atoms with E-state index in [0.29, 0.717) is 5.69 Å². The predicted molar refractivity (Wildman–Crippen MR) is 89.0 cm³/mol. The van der Waals surface area contributed by atoms with Crippen molar-refractivity contribution in [3.63, 3.8) is 0 Å². The third-order valence-corrected chi connectivity index (χ3v) is 5.65. The minimum atomic E-state index is -0.333. The van der Waals surface area contributed by atoms with Crippen LogP contribution in [0, 0.1) is 37.5 Å². The Balaban J connectivity index is 1.46. The molecule has 1 N–H and O–H groups in total. The standard InChI is InChI=1S/C19H20N2O3/c1-10-3-6-14(7-11(10)2)20-15(22)9-21-18(23)16-12-4-5-13(8-12)17(16)19(21)24/h3-7,12-13,16-17H,8-9H2,1-2H3,(H,20,22)/t12-,13-,16+,17+/m1/s1. The largest absolute Gasteiger partial charge is 0.325 e. The van der Waals surface area contributed by atoms with Crippen molar-refractivity contribution < 1.29 is 14.4 Å². The summed E-state index contributed by atoms with van der Waals surface area (Å²) < 4.78 is 0.